The quantitative estimate of drug-likeness (QED) is 0.675. The molecule has 0 aliphatic rings. The van der Waals surface area contributed by atoms with Gasteiger partial charge in [0.15, 0.2) is 16.6 Å². The molecule has 0 saturated carbocycles. The van der Waals surface area contributed by atoms with Crippen molar-refractivity contribution in [3.8, 4) is 22.8 Å². The summed E-state index contributed by atoms with van der Waals surface area (Å²) in [5.74, 6) is 0.892. The number of anilines is 1. The van der Waals surface area contributed by atoms with Crippen LogP contribution >= 0.6 is 11.3 Å². The number of ether oxygens (including phenoxy) is 2. The maximum absolute atomic E-state index is 12.5. The Balaban J connectivity index is 1.75. The Hall–Kier alpha value is -2.86. The average Bonchev–Trinajstić information content (AvgIpc) is 3.10. The van der Waals surface area contributed by atoms with Gasteiger partial charge >= 0.3 is 0 Å². The van der Waals surface area contributed by atoms with Crippen LogP contribution in [0.25, 0.3) is 11.3 Å². The Morgan fingerprint density at radius 1 is 1.12 bits per heavy atom. The van der Waals surface area contributed by atoms with E-state index in [0.29, 0.717) is 22.2 Å². The summed E-state index contributed by atoms with van der Waals surface area (Å²) in [6.07, 6.45) is 0.0234. The zero-order chi connectivity index (χ0) is 18.5. The smallest absolute Gasteiger partial charge is 0.257 e. The van der Waals surface area contributed by atoms with Crippen LogP contribution in [0.2, 0.25) is 0 Å². The second-order valence-electron chi connectivity index (χ2n) is 5.89. The fourth-order valence-electron chi connectivity index (χ4n) is 2.40. The lowest BCUT2D eigenvalue weighted by atomic mass is 10.2. The molecule has 1 heterocycles. The number of hydrogen-bond acceptors (Lipinski definition) is 5. The number of carbonyl (C=O) groups excluding carboxylic acids is 1. The number of thiazole rings is 1. The first-order valence-corrected chi connectivity index (χ1v) is 9.12. The summed E-state index contributed by atoms with van der Waals surface area (Å²) in [5.41, 5.74) is 2.33. The first-order valence-electron chi connectivity index (χ1n) is 8.24. The van der Waals surface area contributed by atoms with Crippen molar-refractivity contribution >= 4 is 22.4 Å². The normalized spacial score (nSPS) is 10.6. The first kappa shape index (κ1) is 17.9. The van der Waals surface area contributed by atoms with Crippen LogP contribution in [0.1, 0.15) is 24.2 Å². The minimum absolute atomic E-state index is 0.0234. The van der Waals surface area contributed by atoms with Gasteiger partial charge in [-0.1, -0.05) is 30.3 Å². The zero-order valence-corrected chi connectivity index (χ0v) is 15.7. The molecule has 1 aromatic heterocycles. The standard InChI is InChI=1S/C20H20N2O3S/c1-13(2)25-17-10-9-15(11-18(17)24-3)19(23)22-20-21-16(12-26-20)14-7-5-4-6-8-14/h4-13H,1-3H3,(H,21,22,23). The van der Waals surface area contributed by atoms with E-state index in [1.807, 2.05) is 49.6 Å². The first-order chi connectivity index (χ1) is 12.6. The van der Waals surface area contributed by atoms with Gasteiger partial charge in [-0.2, -0.15) is 0 Å². The summed E-state index contributed by atoms with van der Waals surface area (Å²) in [6, 6.07) is 15.0. The molecule has 0 saturated heterocycles. The Bertz CT molecular complexity index is 891. The van der Waals surface area contributed by atoms with Crippen molar-refractivity contribution in [2.75, 3.05) is 12.4 Å². The molecule has 134 valence electrons. The molecule has 0 aliphatic heterocycles. The molecule has 0 atom stereocenters. The van der Waals surface area contributed by atoms with Gasteiger partial charge in [-0.15, -0.1) is 11.3 Å². The molecule has 3 rings (SSSR count). The number of carbonyl (C=O) groups is 1. The Morgan fingerprint density at radius 3 is 2.58 bits per heavy atom. The molecule has 0 aliphatic carbocycles. The van der Waals surface area contributed by atoms with Crippen LogP contribution in [0, 0.1) is 0 Å². The summed E-state index contributed by atoms with van der Waals surface area (Å²) in [7, 11) is 1.55. The highest BCUT2D eigenvalue weighted by atomic mass is 32.1. The minimum Gasteiger partial charge on any atom is -0.493 e. The third kappa shape index (κ3) is 4.21. The maximum Gasteiger partial charge on any atom is 0.257 e. The van der Waals surface area contributed by atoms with Gasteiger partial charge in [0.2, 0.25) is 0 Å². The number of aromatic nitrogens is 1. The van der Waals surface area contributed by atoms with Crippen molar-refractivity contribution in [1.82, 2.24) is 4.98 Å². The molecule has 6 heteroatoms. The van der Waals surface area contributed by atoms with Gasteiger partial charge in [-0.3, -0.25) is 10.1 Å². The van der Waals surface area contributed by atoms with Crippen LogP contribution in [-0.2, 0) is 0 Å². The number of rotatable bonds is 6. The largest absolute Gasteiger partial charge is 0.493 e. The Kier molecular flexibility index (Phi) is 5.53. The number of methoxy groups -OCH3 is 1. The van der Waals surface area contributed by atoms with Crippen molar-refractivity contribution in [2.24, 2.45) is 0 Å². The summed E-state index contributed by atoms with van der Waals surface area (Å²) in [6.45, 7) is 3.87. The fourth-order valence-corrected chi connectivity index (χ4v) is 3.12. The zero-order valence-electron chi connectivity index (χ0n) is 14.9. The van der Waals surface area contributed by atoms with E-state index in [0.717, 1.165) is 11.3 Å². The van der Waals surface area contributed by atoms with Gasteiger partial charge in [0.25, 0.3) is 5.91 Å². The summed E-state index contributed by atoms with van der Waals surface area (Å²) in [4.78, 5) is 17.0. The molecule has 2 aromatic carbocycles. The number of benzene rings is 2. The lowest BCUT2D eigenvalue weighted by Gasteiger charge is -2.14. The van der Waals surface area contributed by atoms with Gasteiger partial charge in [-0.05, 0) is 32.0 Å². The molecule has 0 unspecified atom stereocenters. The molecule has 5 nitrogen and oxygen atoms in total. The van der Waals surface area contributed by atoms with Crippen LogP contribution < -0.4 is 14.8 Å². The number of nitrogens with zero attached hydrogens (tertiary/aromatic N) is 1. The SMILES string of the molecule is COc1cc(C(=O)Nc2nc(-c3ccccc3)cs2)ccc1OC(C)C. The molecule has 3 aromatic rings. The highest BCUT2D eigenvalue weighted by molar-refractivity contribution is 7.14. The van der Waals surface area contributed by atoms with Gasteiger partial charge in [0, 0.05) is 16.5 Å². The van der Waals surface area contributed by atoms with Crippen molar-refractivity contribution < 1.29 is 14.3 Å². The molecular weight excluding hydrogens is 348 g/mol. The predicted octanol–water partition coefficient (Wildman–Crippen LogP) is 4.86. The van der Waals surface area contributed by atoms with E-state index in [-0.39, 0.29) is 12.0 Å². The molecule has 26 heavy (non-hydrogen) atoms. The highest BCUT2D eigenvalue weighted by Crippen LogP contribution is 2.30. The lowest BCUT2D eigenvalue weighted by molar-refractivity contribution is 0.102. The molecule has 0 spiro atoms. The number of amides is 1. The second kappa shape index (κ2) is 8.01. The molecular formula is C20H20N2O3S. The van der Waals surface area contributed by atoms with Crippen LogP contribution in [0.4, 0.5) is 5.13 Å². The fraction of sp³-hybridized carbons (Fsp3) is 0.200. The van der Waals surface area contributed by atoms with E-state index in [2.05, 4.69) is 10.3 Å². The van der Waals surface area contributed by atoms with E-state index in [9.17, 15) is 4.79 Å². The average molecular weight is 368 g/mol. The molecule has 1 N–H and O–H groups in total. The maximum atomic E-state index is 12.5. The third-order valence-electron chi connectivity index (χ3n) is 3.58. The summed E-state index contributed by atoms with van der Waals surface area (Å²) >= 11 is 1.39. The van der Waals surface area contributed by atoms with E-state index in [1.165, 1.54) is 11.3 Å². The number of nitrogens with one attached hydrogen (secondary N) is 1. The van der Waals surface area contributed by atoms with Crippen LogP contribution in [0.15, 0.2) is 53.9 Å². The van der Waals surface area contributed by atoms with Gasteiger partial charge in [0.05, 0.1) is 18.9 Å². The highest BCUT2D eigenvalue weighted by Gasteiger charge is 2.14. The second-order valence-corrected chi connectivity index (χ2v) is 6.75. The van der Waals surface area contributed by atoms with Gasteiger partial charge in [0.1, 0.15) is 0 Å². The molecule has 0 bridgehead atoms. The Morgan fingerprint density at radius 2 is 1.88 bits per heavy atom. The lowest BCUT2D eigenvalue weighted by Crippen LogP contribution is -2.12. The van der Waals surface area contributed by atoms with E-state index < -0.39 is 0 Å². The third-order valence-corrected chi connectivity index (χ3v) is 4.34. The van der Waals surface area contributed by atoms with Crippen molar-refractivity contribution in [3.05, 3.63) is 59.5 Å². The molecule has 0 fully saturated rings. The van der Waals surface area contributed by atoms with E-state index >= 15 is 0 Å². The molecule has 1 amide bonds. The Labute approximate surface area is 156 Å². The van der Waals surface area contributed by atoms with Crippen LogP contribution in [0.3, 0.4) is 0 Å². The van der Waals surface area contributed by atoms with E-state index in [1.54, 1.807) is 25.3 Å². The van der Waals surface area contributed by atoms with Crippen molar-refractivity contribution in [3.63, 3.8) is 0 Å². The van der Waals surface area contributed by atoms with Crippen LogP contribution in [-0.4, -0.2) is 24.1 Å². The summed E-state index contributed by atoms with van der Waals surface area (Å²) in [5, 5.41) is 5.30. The predicted molar refractivity (Wildman–Crippen MR) is 104 cm³/mol. The van der Waals surface area contributed by atoms with Crippen molar-refractivity contribution in [1.29, 1.82) is 0 Å². The van der Waals surface area contributed by atoms with Gasteiger partial charge < -0.3 is 9.47 Å². The molecule has 0 radical (unpaired) electrons. The monoisotopic (exact) mass is 368 g/mol. The number of hydrogen-bond donors (Lipinski definition) is 1. The van der Waals surface area contributed by atoms with Gasteiger partial charge in [-0.25, -0.2) is 4.98 Å². The minimum atomic E-state index is -0.242. The van der Waals surface area contributed by atoms with Crippen LogP contribution in [0.5, 0.6) is 11.5 Å². The van der Waals surface area contributed by atoms with E-state index in [4.69, 9.17) is 9.47 Å². The summed E-state index contributed by atoms with van der Waals surface area (Å²) < 4.78 is 11.0. The van der Waals surface area contributed by atoms with Crippen molar-refractivity contribution in [2.45, 2.75) is 20.0 Å². The topological polar surface area (TPSA) is 60.5 Å².